The molecule has 0 radical (unpaired) electrons. The molecule has 0 aromatic heterocycles. The lowest BCUT2D eigenvalue weighted by atomic mass is 9.73. The Hall–Kier alpha value is -2.28. The molecular weight excluding hydrogens is 372 g/mol. The lowest BCUT2D eigenvalue weighted by Crippen LogP contribution is -2.54. The molecule has 1 spiro atoms. The Morgan fingerprint density at radius 2 is 2.00 bits per heavy atom. The molecule has 1 aliphatic heterocycles. The summed E-state index contributed by atoms with van der Waals surface area (Å²) in [5, 5.41) is 3.42. The predicted molar refractivity (Wildman–Crippen MR) is 98.5 cm³/mol. The molecule has 2 atom stereocenters. The van der Waals surface area contributed by atoms with Gasteiger partial charge >= 0.3 is 12.0 Å². The Bertz CT molecular complexity index is 723. The molecule has 8 heteroatoms. The van der Waals surface area contributed by atoms with Gasteiger partial charge in [0.15, 0.2) is 0 Å². The van der Waals surface area contributed by atoms with E-state index in [0.29, 0.717) is 17.2 Å². The van der Waals surface area contributed by atoms with Gasteiger partial charge in [-0.3, -0.25) is 14.5 Å². The number of nitrogens with zero attached hydrogens (tertiary/aromatic N) is 1. The SMILES string of the molecule is C[C@H]1CCCC[C@@]12NC(=O)N(CC(=O)OCCOc1ccc(Cl)cc1)C2=O. The molecule has 2 fully saturated rings. The molecule has 2 aliphatic rings. The maximum absolute atomic E-state index is 12.8. The number of carbonyl (C=O) groups is 3. The van der Waals surface area contributed by atoms with Crippen LogP contribution in [0.3, 0.4) is 0 Å². The monoisotopic (exact) mass is 394 g/mol. The smallest absolute Gasteiger partial charge is 0.326 e. The highest BCUT2D eigenvalue weighted by Gasteiger charge is 2.55. The van der Waals surface area contributed by atoms with Gasteiger partial charge in [0.25, 0.3) is 5.91 Å². The summed E-state index contributed by atoms with van der Waals surface area (Å²) in [5.74, 6) is -0.304. The summed E-state index contributed by atoms with van der Waals surface area (Å²) in [7, 11) is 0. The third-order valence-corrected chi connectivity index (χ3v) is 5.47. The number of nitrogens with one attached hydrogen (secondary N) is 1. The van der Waals surface area contributed by atoms with E-state index in [4.69, 9.17) is 21.1 Å². The van der Waals surface area contributed by atoms with Crippen LogP contribution in [0.2, 0.25) is 5.02 Å². The minimum Gasteiger partial charge on any atom is -0.490 e. The first kappa shape index (κ1) is 19.5. The second-order valence-electron chi connectivity index (χ2n) is 6.96. The van der Waals surface area contributed by atoms with E-state index >= 15 is 0 Å². The molecule has 0 unspecified atom stereocenters. The molecule has 1 N–H and O–H groups in total. The normalized spacial score (nSPS) is 24.8. The molecular formula is C19H23ClN2O5. The van der Waals surface area contributed by atoms with Crippen molar-refractivity contribution in [1.29, 1.82) is 0 Å². The number of amides is 3. The van der Waals surface area contributed by atoms with Gasteiger partial charge in [-0.2, -0.15) is 0 Å². The first-order valence-corrected chi connectivity index (χ1v) is 9.48. The highest BCUT2D eigenvalue weighted by atomic mass is 35.5. The molecule has 0 bridgehead atoms. The van der Waals surface area contributed by atoms with Crippen LogP contribution >= 0.6 is 11.6 Å². The Morgan fingerprint density at radius 1 is 1.26 bits per heavy atom. The maximum atomic E-state index is 12.8. The number of halogens is 1. The number of urea groups is 1. The second kappa shape index (κ2) is 8.17. The number of rotatable bonds is 6. The third-order valence-electron chi connectivity index (χ3n) is 5.22. The van der Waals surface area contributed by atoms with Crippen molar-refractivity contribution in [3.05, 3.63) is 29.3 Å². The number of benzene rings is 1. The van der Waals surface area contributed by atoms with Crippen molar-refractivity contribution < 1.29 is 23.9 Å². The minimum atomic E-state index is -0.868. The van der Waals surface area contributed by atoms with Crippen LogP contribution in [0.25, 0.3) is 0 Å². The van der Waals surface area contributed by atoms with E-state index in [9.17, 15) is 14.4 Å². The summed E-state index contributed by atoms with van der Waals surface area (Å²) in [6, 6.07) is 6.29. The summed E-state index contributed by atoms with van der Waals surface area (Å²) in [4.78, 5) is 38.0. The zero-order chi connectivity index (χ0) is 19.4. The van der Waals surface area contributed by atoms with Gasteiger partial charge in [-0.25, -0.2) is 4.79 Å². The standard InChI is InChI=1S/C19H23ClN2O5/c1-13-4-2-3-9-19(13)17(24)22(18(25)21-19)12-16(23)27-11-10-26-15-7-5-14(20)6-8-15/h5-8,13H,2-4,9-12H2,1H3,(H,21,25)/t13-,19+/m0/s1. The lowest BCUT2D eigenvalue weighted by molar-refractivity contribution is -0.149. The van der Waals surface area contributed by atoms with Crippen LogP contribution < -0.4 is 10.1 Å². The minimum absolute atomic E-state index is 0.0205. The molecule has 1 aromatic carbocycles. The zero-order valence-electron chi connectivity index (χ0n) is 15.2. The topological polar surface area (TPSA) is 84.9 Å². The fraction of sp³-hybridized carbons (Fsp3) is 0.526. The molecule has 1 heterocycles. The van der Waals surface area contributed by atoms with E-state index in [0.717, 1.165) is 24.2 Å². The van der Waals surface area contributed by atoms with E-state index in [1.54, 1.807) is 24.3 Å². The van der Waals surface area contributed by atoms with Crippen molar-refractivity contribution in [3.63, 3.8) is 0 Å². The van der Waals surface area contributed by atoms with Crippen LogP contribution in [-0.2, 0) is 14.3 Å². The van der Waals surface area contributed by atoms with E-state index in [2.05, 4.69) is 5.32 Å². The number of hydrogen-bond donors (Lipinski definition) is 1. The molecule has 3 amide bonds. The lowest BCUT2D eigenvalue weighted by Gasteiger charge is -2.36. The maximum Gasteiger partial charge on any atom is 0.326 e. The van der Waals surface area contributed by atoms with Gasteiger partial charge in [-0.15, -0.1) is 0 Å². The van der Waals surface area contributed by atoms with Crippen molar-refractivity contribution in [2.75, 3.05) is 19.8 Å². The van der Waals surface area contributed by atoms with Gasteiger partial charge in [-0.1, -0.05) is 31.4 Å². The summed E-state index contributed by atoms with van der Waals surface area (Å²) in [6.07, 6.45) is 3.42. The summed E-state index contributed by atoms with van der Waals surface area (Å²) < 4.78 is 10.5. The summed E-state index contributed by atoms with van der Waals surface area (Å²) in [6.45, 7) is 1.76. The van der Waals surface area contributed by atoms with E-state index in [1.165, 1.54) is 0 Å². The number of imide groups is 1. The van der Waals surface area contributed by atoms with Gasteiger partial charge in [0, 0.05) is 5.02 Å². The average molecular weight is 395 g/mol. The first-order chi connectivity index (χ1) is 12.9. The highest BCUT2D eigenvalue weighted by molar-refractivity contribution is 6.30. The van der Waals surface area contributed by atoms with Gasteiger partial charge in [0.2, 0.25) is 0 Å². The predicted octanol–water partition coefficient (Wildman–Crippen LogP) is 2.76. The largest absolute Gasteiger partial charge is 0.490 e. The Labute approximate surface area is 162 Å². The fourth-order valence-electron chi connectivity index (χ4n) is 3.66. The number of carbonyl (C=O) groups excluding carboxylic acids is 3. The van der Waals surface area contributed by atoms with Crippen molar-refractivity contribution >= 4 is 29.5 Å². The molecule has 1 saturated carbocycles. The number of hydrogen-bond acceptors (Lipinski definition) is 5. The van der Waals surface area contributed by atoms with Crippen LogP contribution in [0.5, 0.6) is 5.75 Å². The van der Waals surface area contributed by atoms with Crippen LogP contribution in [0.4, 0.5) is 4.79 Å². The quantitative estimate of drug-likeness (QED) is 0.455. The Balaban J connectivity index is 1.47. The van der Waals surface area contributed by atoms with Crippen molar-refractivity contribution in [2.45, 2.75) is 38.1 Å². The average Bonchev–Trinajstić information content (AvgIpc) is 2.88. The van der Waals surface area contributed by atoms with Crippen molar-refractivity contribution in [2.24, 2.45) is 5.92 Å². The summed E-state index contributed by atoms with van der Waals surface area (Å²) >= 11 is 5.79. The van der Waals surface area contributed by atoms with Crippen molar-refractivity contribution in [3.8, 4) is 5.75 Å². The summed E-state index contributed by atoms with van der Waals surface area (Å²) in [5.41, 5.74) is -0.868. The zero-order valence-corrected chi connectivity index (χ0v) is 16.0. The number of ether oxygens (including phenoxy) is 2. The molecule has 1 aromatic rings. The molecule has 27 heavy (non-hydrogen) atoms. The van der Waals surface area contributed by atoms with E-state index < -0.39 is 17.5 Å². The number of esters is 1. The molecule has 146 valence electrons. The second-order valence-corrected chi connectivity index (χ2v) is 7.40. The molecule has 1 aliphatic carbocycles. The van der Waals surface area contributed by atoms with Gasteiger partial charge in [0.05, 0.1) is 0 Å². The van der Waals surface area contributed by atoms with Crippen molar-refractivity contribution in [1.82, 2.24) is 10.2 Å². The van der Waals surface area contributed by atoms with Gasteiger partial charge in [-0.05, 0) is 43.0 Å². The van der Waals surface area contributed by atoms with Gasteiger partial charge < -0.3 is 14.8 Å². The Kier molecular flexibility index (Phi) is 5.89. The molecule has 7 nitrogen and oxygen atoms in total. The Morgan fingerprint density at radius 3 is 2.70 bits per heavy atom. The molecule has 1 saturated heterocycles. The fourth-order valence-corrected chi connectivity index (χ4v) is 3.79. The first-order valence-electron chi connectivity index (χ1n) is 9.10. The third kappa shape index (κ3) is 4.18. The van der Waals surface area contributed by atoms with Crippen LogP contribution in [-0.4, -0.2) is 48.1 Å². The van der Waals surface area contributed by atoms with Crippen LogP contribution in [0.1, 0.15) is 32.6 Å². The van der Waals surface area contributed by atoms with Crippen LogP contribution in [0, 0.1) is 5.92 Å². The molecule has 3 rings (SSSR count). The van der Waals surface area contributed by atoms with Gasteiger partial charge in [0.1, 0.15) is 31.0 Å². The van der Waals surface area contributed by atoms with Crippen LogP contribution in [0.15, 0.2) is 24.3 Å². The highest BCUT2D eigenvalue weighted by Crippen LogP contribution is 2.38. The van der Waals surface area contributed by atoms with E-state index in [-0.39, 0.29) is 31.6 Å². The van der Waals surface area contributed by atoms with E-state index in [1.807, 2.05) is 6.92 Å².